The van der Waals surface area contributed by atoms with Crippen LogP contribution in [-0.4, -0.2) is 17.0 Å². The van der Waals surface area contributed by atoms with Gasteiger partial charge in [-0.3, -0.25) is 4.79 Å². The largest absolute Gasteiger partial charge is 0.391 e. The van der Waals surface area contributed by atoms with Crippen LogP contribution < -0.4 is 0 Å². The summed E-state index contributed by atoms with van der Waals surface area (Å²) in [6.07, 6.45) is 3.25. The topological polar surface area (TPSA) is 37.3 Å². The maximum atomic E-state index is 12.5. The number of aryl methyl sites for hydroxylation is 1. The molecule has 0 aliphatic rings. The SMILES string of the molecule is CCCCC#C[C@](C)(C(=O)CCc1ccccc1)[C@@H](C)O. The maximum Gasteiger partial charge on any atom is 0.153 e. The average molecular weight is 286 g/mol. The van der Waals surface area contributed by atoms with E-state index in [2.05, 4.69) is 18.8 Å². The Bertz CT molecular complexity index is 493. The number of benzene rings is 1. The van der Waals surface area contributed by atoms with Gasteiger partial charge in [0.25, 0.3) is 0 Å². The lowest BCUT2D eigenvalue weighted by atomic mass is 9.79. The molecule has 114 valence electrons. The summed E-state index contributed by atoms with van der Waals surface area (Å²) >= 11 is 0. The van der Waals surface area contributed by atoms with Gasteiger partial charge in [-0.05, 0) is 32.3 Å². The molecular weight excluding hydrogens is 260 g/mol. The van der Waals surface area contributed by atoms with Crippen molar-refractivity contribution < 1.29 is 9.90 Å². The lowest BCUT2D eigenvalue weighted by molar-refractivity contribution is -0.129. The molecule has 1 aromatic rings. The summed E-state index contributed by atoms with van der Waals surface area (Å²) in [5.74, 6) is 6.09. The van der Waals surface area contributed by atoms with Crippen LogP contribution in [0.2, 0.25) is 0 Å². The normalized spacial score (nSPS) is 14.7. The van der Waals surface area contributed by atoms with Gasteiger partial charge >= 0.3 is 0 Å². The van der Waals surface area contributed by atoms with Crippen molar-refractivity contribution >= 4 is 5.78 Å². The second-order valence-corrected chi connectivity index (χ2v) is 5.69. The van der Waals surface area contributed by atoms with E-state index in [1.165, 1.54) is 0 Å². The van der Waals surface area contributed by atoms with Crippen molar-refractivity contribution in [1.29, 1.82) is 0 Å². The molecule has 1 aromatic carbocycles. The Hall–Kier alpha value is -1.59. The molecule has 0 saturated heterocycles. The molecule has 2 heteroatoms. The number of carbonyl (C=O) groups excluding carboxylic acids is 1. The molecule has 0 amide bonds. The first-order valence-electron chi connectivity index (χ1n) is 7.76. The van der Waals surface area contributed by atoms with Gasteiger partial charge in [0.2, 0.25) is 0 Å². The van der Waals surface area contributed by atoms with Gasteiger partial charge in [0, 0.05) is 12.8 Å². The van der Waals surface area contributed by atoms with Crippen molar-refractivity contribution in [3.8, 4) is 11.8 Å². The molecular formula is C19H26O2. The highest BCUT2D eigenvalue weighted by Gasteiger charge is 2.35. The molecule has 21 heavy (non-hydrogen) atoms. The van der Waals surface area contributed by atoms with Crippen LogP contribution in [0.3, 0.4) is 0 Å². The predicted molar refractivity (Wildman–Crippen MR) is 86.9 cm³/mol. The molecule has 0 unspecified atom stereocenters. The summed E-state index contributed by atoms with van der Waals surface area (Å²) in [4.78, 5) is 12.5. The van der Waals surface area contributed by atoms with Gasteiger partial charge in [0.1, 0.15) is 5.41 Å². The van der Waals surface area contributed by atoms with Crippen LogP contribution in [0.1, 0.15) is 52.0 Å². The second kappa shape index (κ2) is 8.64. The number of ketones is 1. The standard InChI is InChI=1S/C19H26O2/c1-4-5-6-10-15-19(3,16(2)20)18(21)14-13-17-11-8-7-9-12-17/h7-9,11-12,16,20H,4-6,13-14H2,1-3H3/t16-,19+/m1/s1. The summed E-state index contributed by atoms with van der Waals surface area (Å²) in [6, 6.07) is 9.93. The van der Waals surface area contributed by atoms with E-state index in [1.54, 1.807) is 13.8 Å². The summed E-state index contributed by atoms with van der Waals surface area (Å²) in [7, 11) is 0. The van der Waals surface area contributed by atoms with E-state index in [4.69, 9.17) is 0 Å². The van der Waals surface area contributed by atoms with Gasteiger partial charge in [0.15, 0.2) is 5.78 Å². The quantitative estimate of drug-likeness (QED) is 0.612. The first kappa shape index (κ1) is 17.5. The van der Waals surface area contributed by atoms with Crippen molar-refractivity contribution in [2.24, 2.45) is 5.41 Å². The molecule has 0 aromatic heterocycles. The number of hydrogen-bond acceptors (Lipinski definition) is 2. The van der Waals surface area contributed by atoms with E-state index in [0.29, 0.717) is 12.8 Å². The summed E-state index contributed by atoms with van der Waals surface area (Å²) in [5, 5.41) is 9.97. The zero-order chi connectivity index (χ0) is 15.7. The molecule has 2 atom stereocenters. The van der Waals surface area contributed by atoms with Crippen molar-refractivity contribution in [3.05, 3.63) is 35.9 Å². The Morgan fingerprint density at radius 2 is 2.00 bits per heavy atom. The molecule has 0 saturated carbocycles. The minimum Gasteiger partial charge on any atom is -0.391 e. The molecule has 0 aliphatic carbocycles. The Morgan fingerprint density at radius 1 is 1.33 bits per heavy atom. The third-order valence-electron chi connectivity index (χ3n) is 3.90. The number of aliphatic hydroxyl groups is 1. The fourth-order valence-corrected chi connectivity index (χ4v) is 2.08. The lowest BCUT2D eigenvalue weighted by Crippen LogP contribution is -2.37. The highest BCUT2D eigenvalue weighted by Crippen LogP contribution is 2.24. The molecule has 0 radical (unpaired) electrons. The lowest BCUT2D eigenvalue weighted by Gasteiger charge is -2.25. The van der Waals surface area contributed by atoms with Crippen LogP contribution >= 0.6 is 0 Å². The number of unbranched alkanes of at least 4 members (excludes halogenated alkanes) is 2. The maximum absolute atomic E-state index is 12.5. The Balaban J connectivity index is 2.70. The molecule has 0 aliphatic heterocycles. The number of aliphatic hydroxyl groups excluding tert-OH is 1. The fourth-order valence-electron chi connectivity index (χ4n) is 2.08. The van der Waals surface area contributed by atoms with Crippen molar-refractivity contribution in [2.45, 2.75) is 59.0 Å². The summed E-state index contributed by atoms with van der Waals surface area (Å²) in [6.45, 7) is 5.51. The number of rotatable bonds is 7. The Kier molecular flexibility index (Phi) is 7.19. The van der Waals surface area contributed by atoms with Gasteiger partial charge in [-0.15, -0.1) is 5.92 Å². The molecule has 1 N–H and O–H groups in total. The predicted octanol–water partition coefficient (Wildman–Crippen LogP) is 3.77. The smallest absolute Gasteiger partial charge is 0.153 e. The average Bonchev–Trinajstić information content (AvgIpc) is 2.49. The molecule has 1 rings (SSSR count). The number of Topliss-reactive ketones (excluding diaryl/α,β-unsaturated/α-hetero) is 1. The van der Waals surface area contributed by atoms with Crippen molar-refractivity contribution in [3.63, 3.8) is 0 Å². The van der Waals surface area contributed by atoms with E-state index in [0.717, 1.165) is 24.8 Å². The van der Waals surface area contributed by atoms with Crippen molar-refractivity contribution in [1.82, 2.24) is 0 Å². The molecule has 0 fully saturated rings. The van der Waals surface area contributed by atoms with Gasteiger partial charge in [-0.2, -0.15) is 0 Å². The monoisotopic (exact) mass is 286 g/mol. The Morgan fingerprint density at radius 3 is 2.57 bits per heavy atom. The van der Waals surface area contributed by atoms with Crippen LogP contribution in [-0.2, 0) is 11.2 Å². The zero-order valence-electron chi connectivity index (χ0n) is 13.4. The first-order chi connectivity index (χ1) is 10.0. The second-order valence-electron chi connectivity index (χ2n) is 5.69. The summed E-state index contributed by atoms with van der Waals surface area (Å²) < 4.78 is 0. The highest BCUT2D eigenvalue weighted by atomic mass is 16.3. The highest BCUT2D eigenvalue weighted by molar-refractivity contribution is 5.88. The van der Waals surface area contributed by atoms with Gasteiger partial charge in [0.05, 0.1) is 6.10 Å². The van der Waals surface area contributed by atoms with Crippen LogP contribution in [0.15, 0.2) is 30.3 Å². The Labute approximate surface area is 128 Å². The molecule has 2 nitrogen and oxygen atoms in total. The van der Waals surface area contributed by atoms with Gasteiger partial charge < -0.3 is 5.11 Å². The van der Waals surface area contributed by atoms with E-state index >= 15 is 0 Å². The third kappa shape index (κ3) is 5.36. The molecule has 0 heterocycles. The van der Waals surface area contributed by atoms with E-state index < -0.39 is 11.5 Å². The number of hydrogen-bond donors (Lipinski definition) is 1. The van der Waals surface area contributed by atoms with E-state index in [9.17, 15) is 9.90 Å². The van der Waals surface area contributed by atoms with Gasteiger partial charge in [-0.25, -0.2) is 0 Å². The number of carbonyl (C=O) groups is 1. The van der Waals surface area contributed by atoms with Crippen LogP contribution in [0.5, 0.6) is 0 Å². The van der Waals surface area contributed by atoms with Crippen LogP contribution in [0, 0.1) is 17.3 Å². The fraction of sp³-hybridized carbons (Fsp3) is 0.526. The summed E-state index contributed by atoms with van der Waals surface area (Å²) in [5.41, 5.74) is 0.181. The van der Waals surface area contributed by atoms with E-state index in [-0.39, 0.29) is 5.78 Å². The van der Waals surface area contributed by atoms with E-state index in [1.807, 2.05) is 30.3 Å². The minimum atomic E-state index is -0.956. The molecule has 0 spiro atoms. The first-order valence-corrected chi connectivity index (χ1v) is 7.76. The minimum absolute atomic E-state index is 0.0188. The van der Waals surface area contributed by atoms with Crippen LogP contribution in [0.4, 0.5) is 0 Å². The van der Waals surface area contributed by atoms with Gasteiger partial charge in [-0.1, -0.05) is 49.6 Å². The van der Waals surface area contributed by atoms with Crippen molar-refractivity contribution in [2.75, 3.05) is 0 Å². The van der Waals surface area contributed by atoms with Crippen LogP contribution in [0.25, 0.3) is 0 Å². The zero-order valence-corrected chi connectivity index (χ0v) is 13.4. The molecule has 0 bridgehead atoms. The third-order valence-corrected chi connectivity index (χ3v) is 3.90.